The predicted octanol–water partition coefficient (Wildman–Crippen LogP) is 2.31. The van der Waals surface area contributed by atoms with Crippen LogP contribution in [0.25, 0.3) is 0 Å². The molecule has 0 fully saturated rings. The largest absolute Gasteiger partial charge is 0.489 e. The molecule has 6 nitrogen and oxygen atoms in total. The van der Waals surface area contributed by atoms with Gasteiger partial charge in [0.25, 0.3) is 0 Å². The van der Waals surface area contributed by atoms with Crippen molar-refractivity contribution in [2.75, 3.05) is 13.6 Å². The van der Waals surface area contributed by atoms with Gasteiger partial charge in [0.05, 0.1) is 12.2 Å². The zero-order chi connectivity index (χ0) is 18.4. The number of aryl methyl sites for hydroxylation is 2. The third-order valence-corrected chi connectivity index (χ3v) is 4.01. The second-order valence-corrected chi connectivity index (χ2v) is 5.97. The maximum Gasteiger partial charge on any atom is 0.191 e. The number of aliphatic imine (C=N–C) groups is 1. The van der Waals surface area contributed by atoms with E-state index in [4.69, 9.17) is 4.74 Å². The molecule has 136 valence electrons. The van der Waals surface area contributed by atoms with Crippen LogP contribution in [0, 0.1) is 19.7 Å². The molecule has 0 aliphatic heterocycles. The Bertz CT molecular complexity index is 741. The highest BCUT2D eigenvalue weighted by atomic mass is 19.1. The van der Waals surface area contributed by atoms with Crippen LogP contribution < -0.4 is 15.4 Å². The molecule has 0 aliphatic carbocycles. The number of halogens is 1. The van der Waals surface area contributed by atoms with Gasteiger partial charge in [0.1, 0.15) is 17.7 Å². The lowest BCUT2D eigenvalue weighted by atomic mass is 10.2. The molecular formula is C18H26FN5O. The maximum absolute atomic E-state index is 13.2. The van der Waals surface area contributed by atoms with E-state index in [2.05, 4.69) is 20.7 Å². The number of rotatable bonds is 6. The van der Waals surface area contributed by atoms with E-state index in [9.17, 15) is 4.39 Å². The number of guanidine groups is 1. The van der Waals surface area contributed by atoms with Crippen LogP contribution in [0.15, 0.2) is 29.3 Å². The normalized spacial score (nSPS) is 12.8. The smallest absolute Gasteiger partial charge is 0.191 e. The van der Waals surface area contributed by atoms with Crippen molar-refractivity contribution in [3.05, 3.63) is 47.0 Å². The summed E-state index contributed by atoms with van der Waals surface area (Å²) in [5, 5.41) is 10.9. The molecule has 1 aromatic heterocycles. The Morgan fingerprint density at radius 2 is 2.12 bits per heavy atom. The monoisotopic (exact) mass is 347 g/mol. The van der Waals surface area contributed by atoms with Crippen LogP contribution in [0.1, 0.15) is 23.9 Å². The Kier molecular flexibility index (Phi) is 6.38. The third-order valence-electron chi connectivity index (χ3n) is 4.01. The third kappa shape index (κ3) is 5.20. The number of hydrogen-bond acceptors (Lipinski definition) is 3. The Hall–Kier alpha value is -2.57. The van der Waals surface area contributed by atoms with E-state index in [1.54, 1.807) is 19.2 Å². The summed E-state index contributed by atoms with van der Waals surface area (Å²) in [7, 11) is 3.65. The van der Waals surface area contributed by atoms with Crippen molar-refractivity contribution < 1.29 is 9.13 Å². The molecule has 0 bridgehead atoms. The fourth-order valence-corrected chi connectivity index (χ4v) is 2.52. The standard InChI is InChI=1S/C18H26FN5O/c1-12(25-16-8-6-7-15(19)9-16)10-21-18(20-4)22-11-17-13(2)23-24(5)14(17)3/h6-9,12H,10-11H2,1-5H3,(H2,20,21,22). The molecule has 1 unspecified atom stereocenters. The first-order valence-electron chi connectivity index (χ1n) is 8.26. The van der Waals surface area contributed by atoms with Crippen LogP contribution in [0.5, 0.6) is 5.75 Å². The molecule has 1 heterocycles. The summed E-state index contributed by atoms with van der Waals surface area (Å²) in [6, 6.07) is 6.13. The lowest BCUT2D eigenvalue weighted by Crippen LogP contribution is -2.41. The molecule has 1 atom stereocenters. The Labute approximate surface area is 148 Å². The highest BCUT2D eigenvalue weighted by Gasteiger charge is 2.11. The first-order valence-corrected chi connectivity index (χ1v) is 8.26. The first kappa shape index (κ1) is 18.8. The van der Waals surface area contributed by atoms with Gasteiger partial charge in [0, 0.05) is 38.0 Å². The number of aromatic nitrogens is 2. The number of nitrogens with zero attached hydrogens (tertiary/aromatic N) is 3. The van der Waals surface area contributed by atoms with Gasteiger partial charge in [-0.05, 0) is 32.9 Å². The molecule has 1 aromatic carbocycles. The Morgan fingerprint density at radius 3 is 2.72 bits per heavy atom. The maximum atomic E-state index is 13.2. The number of hydrogen-bond donors (Lipinski definition) is 2. The minimum Gasteiger partial charge on any atom is -0.489 e. The van der Waals surface area contributed by atoms with Crippen molar-refractivity contribution in [2.24, 2.45) is 12.0 Å². The zero-order valence-electron chi connectivity index (χ0n) is 15.4. The van der Waals surface area contributed by atoms with E-state index < -0.39 is 0 Å². The van der Waals surface area contributed by atoms with Crippen molar-refractivity contribution in [1.82, 2.24) is 20.4 Å². The van der Waals surface area contributed by atoms with E-state index in [1.807, 2.05) is 32.5 Å². The van der Waals surface area contributed by atoms with Crippen LogP contribution >= 0.6 is 0 Å². The quantitative estimate of drug-likeness (QED) is 0.622. The summed E-state index contributed by atoms with van der Waals surface area (Å²) >= 11 is 0. The van der Waals surface area contributed by atoms with Crippen LogP contribution in [-0.2, 0) is 13.6 Å². The number of nitrogens with one attached hydrogen (secondary N) is 2. The summed E-state index contributed by atoms with van der Waals surface area (Å²) in [5.41, 5.74) is 3.29. The molecule has 0 radical (unpaired) electrons. The van der Waals surface area contributed by atoms with E-state index in [1.165, 1.54) is 12.1 Å². The van der Waals surface area contributed by atoms with Crippen molar-refractivity contribution in [3.8, 4) is 5.75 Å². The van der Waals surface area contributed by atoms with E-state index in [0.29, 0.717) is 24.8 Å². The van der Waals surface area contributed by atoms with Gasteiger partial charge < -0.3 is 15.4 Å². The van der Waals surface area contributed by atoms with Crippen molar-refractivity contribution in [3.63, 3.8) is 0 Å². The van der Waals surface area contributed by atoms with Gasteiger partial charge in [-0.1, -0.05) is 6.07 Å². The summed E-state index contributed by atoms with van der Waals surface area (Å²) in [6.07, 6.45) is -0.137. The van der Waals surface area contributed by atoms with Gasteiger partial charge in [-0.2, -0.15) is 5.10 Å². The number of ether oxygens (including phenoxy) is 1. The Morgan fingerprint density at radius 1 is 1.36 bits per heavy atom. The highest BCUT2D eigenvalue weighted by molar-refractivity contribution is 5.79. The average molecular weight is 347 g/mol. The Balaban J connectivity index is 1.83. The SMILES string of the molecule is CN=C(NCc1c(C)nn(C)c1C)NCC(C)Oc1cccc(F)c1. The molecule has 7 heteroatoms. The lowest BCUT2D eigenvalue weighted by molar-refractivity contribution is 0.223. The number of benzene rings is 1. The van der Waals surface area contributed by atoms with Gasteiger partial charge >= 0.3 is 0 Å². The van der Waals surface area contributed by atoms with E-state index in [-0.39, 0.29) is 11.9 Å². The van der Waals surface area contributed by atoms with Gasteiger partial charge in [0.15, 0.2) is 5.96 Å². The average Bonchev–Trinajstić information content (AvgIpc) is 2.80. The molecule has 0 saturated heterocycles. The summed E-state index contributed by atoms with van der Waals surface area (Å²) < 4.78 is 20.8. The van der Waals surface area contributed by atoms with E-state index in [0.717, 1.165) is 17.0 Å². The summed E-state index contributed by atoms with van der Waals surface area (Å²) in [6.45, 7) is 7.14. The highest BCUT2D eigenvalue weighted by Crippen LogP contribution is 2.13. The van der Waals surface area contributed by atoms with Crippen molar-refractivity contribution >= 4 is 5.96 Å². The van der Waals surface area contributed by atoms with Gasteiger partial charge in [-0.25, -0.2) is 4.39 Å². The molecule has 0 aliphatic rings. The van der Waals surface area contributed by atoms with E-state index >= 15 is 0 Å². The lowest BCUT2D eigenvalue weighted by Gasteiger charge is -2.18. The molecule has 2 aromatic rings. The summed E-state index contributed by atoms with van der Waals surface area (Å²) in [5.74, 6) is 0.883. The van der Waals surface area contributed by atoms with Gasteiger partial charge in [0.2, 0.25) is 0 Å². The fourth-order valence-electron chi connectivity index (χ4n) is 2.52. The molecular weight excluding hydrogens is 321 g/mol. The van der Waals surface area contributed by atoms with Crippen LogP contribution in [0.3, 0.4) is 0 Å². The zero-order valence-corrected chi connectivity index (χ0v) is 15.4. The van der Waals surface area contributed by atoms with Crippen molar-refractivity contribution in [2.45, 2.75) is 33.4 Å². The van der Waals surface area contributed by atoms with Gasteiger partial charge in [-0.3, -0.25) is 9.67 Å². The summed E-state index contributed by atoms with van der Waals surface area (Å²) in [4.78, 5) is 4.21. The van der Waals surface area contributed by atoms with Crippen LogP contribution in [0.4, 0.5) is 4.39 Å². The van der Waals surface area contributed by atoms with Crippen molar-refractivity contribution in [1.29, 1.82) is 0 Å². The fraction of sp³-hybridized carbons (Fsp3) is 0.444. The first-order chi connectivity index (χ1) is 11.9. The van der Waals surface area contributed by atoms with Gasteiger partial charge in [-0.15, -0.1) is 0 Å². The molecule has 0 spiro atoms. The second kappa shape index (κ2) is 8.50. The minimum absolute atomic E-state index is 0.137. The predicted molar refractivity (Wildman–Crippen MR) is 97.4 cm³/mol. The molecule has 0 saturated carbocycles. The molecule has 2 N–H and O–H groups in total. The molecule has 25 heavy (non-hydrogen) atoms. The topological polar surface area (TPSA) is 63.5 Å². The second-order valence-electron chi connectivity index (χ2n) is 5.97. The molecule has 2 rings (SSSR count). The van der Waals surface area contributed by atoms with Crippen LogP contribution in [-0.4, -0.2) is 35.4 Å². The molecule has 0 amide bonds. The minimum atomic E-state index is -0.308. The van der Waals surface area contributed by atoms with Crippen LogP contribution in [0.2, 0.25) is 0 Å².